The summed E-state index contributed by atoms with van der Waals surface area (Å²) in [4.78, 5) is 13.9. The number of ether oxygens (including phenoxy) is 1. The highest BCUT2D eigenvalue weighted by Crippen LogP contribution is 2.45. The van der Waals surface area contributed by atoms with Crippen molar-refractivity contribution in [2.45, 2.75) is 25.0 Å². The van der Waals surface area contributed by atoms with Gasteiger partial charge in [0.15, 0.2) is 0 Å². The SMILES string of the molecule is CN1C[C@@]2(C)OC(=O)C(Cl)=C2C[C@H]1c1ccccc1. The lowest BCUT2D eigenvalue weighted by Crippen LogP contribution is -2.47. The number of benzene rings is 1. The molecule has 0 aliphatic carbocycles. The molecule has 1 aromatic carbocycles. The Hall–Kier alpha value is -1.32. The quantitative estimate of drug-likeness (QED) is 0.739. The maximum atomic E-state index is 11.7. The summed E-state index contributed by atoms with van der Waals surface area (Å²) >= 11 is 6.11. The topological polar surface area (TPSA) is 29.5 Å². The monoisotopic (exact) mass is 277 g/mol. The van der Waals surface area contributed by atoms with E-state index >= 15 is 0 Å². The van der Waals surface area contributed by atoms with Crippen LogP contribution in [0.3, 0.4) is 0 Å². The number of carbonyl (C=O) groups excluding carboxylic acids is 1. The van der Waals surface area contributed by atoms with E-state index in [4.69, 9.17) is 16.3 Å². The Morgan fingerprint density at radius 3 is 2.74 bits per heavy atom. The first kappa shape index (κ1) is 12.7. The van der Waals surface area contributed by atoms with Crippen LogP contribution in [-0.2, 0) is 9.53 Å². The fraction of sp³-hybridized carbons (Fsp3) is 0.400. The van der Waals surface area contributed by atoms with Crippen molar-refractivity contribution in [2.24, 2.45) is 0 Å². The third-order valence-corrected chi connectivity index (χ3v) is 4.45. The van der Waals surface area contributed by atoms with E-state index in [1.807, 2.05) is 25.1 Å². The van der Waals surface area contributed by atoms with Crippen LogP contribution in [0, 0.1) is 0 Å². The maximum absolute atomic E-state index is 11.7. The molecule has 3 rings (SSSR count). The van der Waals surface area contributed by atoms with E-state index in [0.717, 1.165) is 12.0 Å². The molecule has 1 aromatic rings. The summed E-state index contributed by atoms with van der Waals surface area (Å²) in [6.07, 6.45) is 0.738. The molecule has 0 radical (unpaired) electrons. The van der Waals surface area contributed by atoms with Gasteiger partial charge in [0.05, 0.1) is 0 Å². The Balaban J connectivity index is 1.98. The van der Waals surface area contributed by atoms with Crippen molar-refractivity contribution in [1.82, 2.24) is 4.90 Å². The first-order valence-corrected chi connectivity index (χ1v) is 6.77. The van der Waals surface area contributed by atoms with Gasteiger partial charge in [0.25, 0.3) is 0 Å². The summed E-state index contributed by atoms with van der Waals surface area (Å²) in [5, 5.41) is 0.275. The number of likely N-dealkylation sites (N-methyl/N-ethyl adjacent to an activating group) is 1. The highest BCUT2D eigenvalue weighted by atomic mass is 35.5. The van der Waals surface area contributed by atoms with Crippen molar-refractivity contribution < 1.29 is 9.53 Å². The number of fused-ring (bicyclic) bond motifs is 1. The number of piperidine rings is 1. The Morgan fingerprint density at radius 1 is 1.37 bits per heavy atom. The van der Waals surface area contributed by atoms with E-state index in [1.54, 1.807) is 0 Å². The Kier molecular flexibility index (Phi) is 2.91. The van der Waals surface area contributed by atoms with Crippen LogP contribution in [-0.4, -0.2) is 30.1 Å². The number of hydrogen-bond donors (Lipinski definition) is 0. The molecule has 1 fully saturated rings. The van der Waals surface area contributed by atoms with E-state index in [0.29, 0.717) is 6.54 Å². The van der Waals surface area contributed by atoms with Gasteiger partial charge >= 0.3 is 5.97 Å². The van der Waals surface area contributed by atoms with Crippen LogP contribution in [0.4, 0.5) is 0 Å². The number of nitrogens with zero attached hydrogens (tertiary/aromatic N) is 1. The smallest absolute Gasteiger partial charge is 0.350 e. The van der Waals surface area contributed by atoms with Gasteiger partial charge in [0, 0.05) is 18.2 Å². The normalized spacial score (nSPS) is 31.3. The van der Waals surface area contributed by atoms with Crippen LogP contribution in [0.25, 0.3) is 0 Å². The zero-order valence-corrected chi connectivity index (χ0v) is 11.8. The lowest BCUT2D eigenvalue weighted by atomic mass is 9.83. The van der Waals surface area contributed by atoms with Crippen LogP contribution in [0.15, 0.2) is 40.9 Å². The Bertz CT molecular complexity index is 555. The number of esters is 1. The summed E-state index contributed by atoms with van der Waals surface area (Å²) in [6.45, 7) is 2.61. The first-order chi connectivity index (χ1) is 9.01. The summed E-state index contributed by atoms with van der Waals surface area (Å²) in [6, 6.07) is 10.5. The number of rotatable bonds is 1. The maximum Gasteiger partial charge on any atom is 0.350 e. The van der Waals surface area contributed by atoms with Gasteiger partial charge in [-0.1, -0.05) is 41.9 Å². The molecule has 100 valence electrons. The van der Waals surface area contributed by atoms with E-state index in [-0.39, 0.29) is 17.0 Å². The third kappa shape index (κ3) is 1.97. The van der Waals surface area contributed by atoms with Gasteiger partial charge in [-0.2, -0.15) is 0 Å². The minimum Gasteiger partial charge on any atom is -0.449 e. The van der Waals surface area contributed by atoms with Crippen LogP contribution < -0.4 is 0 Å². The second kappa shape index (κ2) is 4.36. The zero-order valence-electron chi connectivity index (χ0n) is 11.0. The second-order valence-corrected chi connectivity index (χ2v) is 5.84. The molecule has 0 unspecified atom stereocenters. The molecule has 1 saturated heterocycles. The van der Waals surface area contributed by atoms with Crippen molar-refractivity contribution in [2.75, 3.05) is 13.6 Å². The fourth-order valence-electron chi connectivity index (χ4n) is 3.08. The fourth-order valence-corrected chi connectivity index (χ4v) is 3.40. The summed E-state index contributed by atoms with van der Waals surface area (Å²) in [5.74, 6) is -0.388. The van der Waals surface area contributed by atoms with Gasteiger partial charge in [-0.3, -0.25) is 4.90 Å². The van der Waals surface area contributed by atoms with Crippen molar-refractivity contribution >= 4 is 17.6 Å². The zero-order chi connectivity index (χ0) is 13.6. The summed E-state index contributed by atoms with van der Waals surface area (Å²) in [5.41, 5.74) is 1.61. The van der Waals surface area contributed by atoms with Crippen LogP contribution in [0.2, 0.25) is 0 Å². The predicted molar refractivity (Wildman–Crippen MR) is 73.8 cm³/mol. The molecule has 0 spiro atoms. The molecule has 0 amide bonds. The minimum absolute atomic E-state index is 0.243. The molecule has 0 saturated carbocycles. The van der Waals surface area contributed by atoms with Crippen molar-refractivity contribution in [3.63, 3.8) is 0 Å². The van der Waals surface area contributed by atoms with E-state index < -0.39 is 5.60 Å². The van der Waals surface area contributed by atoms with Gasteiger partial charge in [-0.25, -0.2) is 4.79 Å². The highest BCUT2D eigenvalue weighted by molar-refractivity contribution is 6.42. The molecular formula is C15H16ClNO2. The molecule has 2 aliphatic rings. The van der Waals surface area contributed by atoms with Gasteiger partial charge in [-0.05, 0) is 26.0 Å². The summed E-state index contributed by atoms with van der Waals surface area (Å²) < 4.78 is 5.43. The lowest BCUT2D eigenvalue weighted by molar-refractivity contribution is -0.147. The number of carbonyl (C=O) groups is 1. The van der Waals surface area contributed by atoms with E-state index in [9.17, 15) is 4.79 Å². The molecule has 0 N–H and O–H groups in total. The van der Waals surface area contributed by atoms with Gasteiger partial charge in [-0.15, -0.1) is 0 Å². The predicted octanol–water partition coefficient (Wildman–Crippen LogP) is 2.87. The largest absolute Gasteiger partial charge is 0.449 e. The van der Waals surface area contributed by atoms with Crippen molar-refractivity contribution in [1.29, 1.82) is 0 Å². The average molecular weight is 278 g/mol. The van der Waals surface area contributed by atoms with Crippen molar-refractivity contribution in [3.8, 4) is 0 Å². The van der Waals surface area contributed by atoms with Gasteiger partial charge < -0.3 is 4.74 Å². The van der Waals surface area contributed by atoms with E-state index in [2.05, 4.69) is 24.1 Å². The van der Waals surface area contributed by atoms with Gasteiger partial charge in [0.2, 0.25) is 0 Å². The highest BCUT2D eigenvalue weighted by Gasteiger charge is 2.48. The van der Waals surface area contributed by atoms with Crippen LogP contribution in [0.5, 0.6) is 0 Å². The molecule has 3 nitrogen and oxygen atoms in total. The molecule has 4 heteroatoms. The summed E-state index contributed by atoms with van der Waals surface area (Å²) in [7, 11) is 2.06. The third-order valence-electron chi connectivity index (χ3n) is 4.07. The Morgan fingerprint density at radius 2 is 2.05 bits per heavy atom. The van der Waals surface area contributed by atoms with Gasteiger partial charge in [0.1, 0.15) is 10.6 Å². The van der Waals surface area contributed by atoms with Crippen LogP contribution >= 0.6 is 11.6 Å². The van der Waals surface area contributed by atoms with E-state index in [1.165, 1.54) is 5.56 Å². The molecule has 2 heterocycles. The first-order valence-electron chi connectivity index (χ1n) is 6.39. The molecule has 0 bridgehead atoms. The number of likely N-dealkylation sites (tertiary alicyclic amines) is 1. The molecule has 0 aromatic heterocycles. The molecule has 19 heavy (non-hydrogen) atoms. The van der Waals surface area contributed by atoms with Crippen molar-refractivity contribution in [3.05, 3.63) is 46.5 Å². The minimum atomic E-state index is -0.561. The van der Waals surface area contributed by atoms with Crippen LogP contribution in [0.1, 0.15) is 24.9 Å². The molecule has 2 atom stereocenters. The lowest BCUT2D eigenvalue weighted by Gasteiger charge is -2.42. The average Bonchev–Trinajstić information content (AvgIpc) is 2.59. The number of hydrogen-bond acceptors (Lipinski definition) is 3. The molecular weight excluding hydrogens is 262 g/mol. The number of halogens is 1. The Labute approximate surface area is 117 Å². The second-order valence-electron chi connectivity index (χ2n) is 5.46. The standard InChI is InChI=1S/C15H16ClNO2/c1-15-9-17(2)12(10-6-4-3-5-7-10)8-11(15)13(16)14(18)19-15/h3-7,12H,8-9H2,1-2H3/t12-,15+/m0/s1. The molecule has 2 aliphatic heterocycles.